The van der Waals surface area contributed by atoms with Gasteiger partial charge in [-0.15, -0.1) is 0 Å². The molecule has 88 valence electrons. The normalized spacial score (nSPS) is 28.3. The zero-order chi connectivity index (χ0) is 11.4. The maximum Gasteiger partial charge on any atom is 0.252 e. The first-order chi connectivity index (χ1) is 7.76. The summed E-state index contributed by atoms with van der Waals surface area (Å²) in [5.74, 6) is -0.219. The number of carbonyl (C=O) groups excluding carboxylic acids is 1. The first kappa shape index (κ1) is 11.4. The molecule has 0 spiro atoms. The molecular formula is C11H16N2O3. The number of nitrogens with zero attached hydrogens (tertiary/aromatic N) is 1. The molecule has 16 heavy (non-hydrogen) atoms. The average molecular weight is 224 g/mol. The predicted octanol–water partition coefficient (Wildman–Crippen LogP) is 0.354. The monoisotopic (exact) mass is 224 g/mol. The third-order valence-corrected chi connectivity index (χ3v) is 3.14. The summed E-state index contributed by atoms with van der Waals surface area (Å²) in [5.41, 5.74) is -0.669. The summed E-state index contributed by atoms with van der Waals surface area (Å²) in [6.07, 6.45) is 2.91. The van der Waals surface area contributed by atoms with Gasteiger partial charge in [-0.25, -0.2) is 0 Å². The van der Waals surface area contributed by atoms with Gasteiger partial charge in [-0.2, -0.15) is 5.26 Å². The molecule has 0 aromatic rings. The first-order valence-electron chi connectivity index (χ1n) is 5.68. The van der Waals surface area contributed by atoms with E-state index in [-0.39, 0.29) is 12.5 Å². The van der Waals surface area contributed by atoms with Gasteiger partial charge in [0, 0.05) is 0 Å². The van der Waals surface area contributed by atoms with Crippen LogP contribution in [0.15, 0.2) is 0 Å². The van der Waals surface area contributed by atoms with Crippen LogP contribution in [0.25, 0.3) is 0 Å². The third-order valence-electron chi connectivity index (χ3n) is 3.14. The number of amides is 1. The SMILES string of the molecule is N#CC1(NC(=O)C2COCCO2)CCCC1. The summed E-state index contributed by atoms with van der Waals surface area (Å²) in [6, 6.07) is 2.22. The molecule has 1 saturated carbocycles. The van der Waals surface area contributed by atoms with E-state index in [4.69, 9.17) is 14.7 Å². The number of carbonyl (C=O) groups is 1. The highest BCUT2D eigenvalue weighted by Gasteiger charge is 2.37. The lowest BCUT2D eigenvalue weighted by Crippen LogP contribution is -2.52. The second-order valence-corrected chi connectivity index (χ2v) is 4.32. The topological polar surface area (TPSA) is 71.4 Å². The first-order valence-corrected chi connectivity index (χ1v) is 5.68. The van der Waals surface area contributed by atoms with Gasteiger partial charge in [0.15, 0.2) is 6.10 Å². The summed E-state index contributed by atoms with van der Waals surface area (Å²) in [7, 11) is 0. The number of hydrogen-bond donors (Lipinski definition) is 1. The van der Waals surface area contributed by atoms with Crippen LogP contribution in [0.3, 0.4) is 0 Å². The largest absolute Gasteiger partial charge is 0.376 e. The van der Waals surface area contributed by atoms with E-state index in [0.717, 1.165) is 25.7 Å². The summed E-state index contributed by atoms with van der Waals surface area (Å²) < 4.78 is 10.5. The number of nitrogens with one attached hydrogen (secondary N) is 1. The molecule has 5 nitrogen and oxygen atoms in total. The molecule has 1 amide bonds. The van der Waals surface area contributed by atoms with Crippen molar-refractivity contribution in [2.75, 3.05) is 19.8 Å². The van der Waals surface area contributed by atoms with Gasteiger partial charge in [-0.3, -0.25) is 4.79 Å². The number of nitriles is 1. The Bertz CT molecular complexity index is 299. The summed E-state index contributed by atoms with van der Waals surface area (Å²) in [4.78, 5) is 11.9. The van der Waals surface area contributed by atoms with Crippen molar-refractivity contribution < 1.29 is 14.3 Å². The molecule has 2 rings (SSSR count). The molecule has 5 heteroatoms. The summed E-state index contributed by atoms with van der Waals surface area (Å²) in [5, 5.41) is 11.9. The lowest BCUT2D eigenvalue weighted by atomic mass is 9.99. The fourth-order valence-corrected chi connectivity index (χ4v) is 2.20. The molecule has 1 N–H and O–H groups in total. The summed E-state index contributed by atoms with van der Waals surface area (Å²) >= 11 is 0. The molecule has 0 aromatic carbocycles. The van der Waals surface area contributed by atoms with E-state index >= 15 is 0 Å². The Kier molecular flexibility index (Phi) is 3.42. The van der Waals surface area contributed by atoms with Crippen molar-refractivity contribution >= 4 is 5.91 Å². The molecule has 1 saturated heterocycles. The summed E-state index contributed by atoms with van der Waals surface area (Å²) in [6.45, 7) is 1.26. The highest BCUT2D eigenvalue weighted by molar-refractivity contribution is 5.82. The Morgan fingerprint density at radius 3 is 2.69 bits per heavy atom. The molecule has 0 bridgehead atoms. The van der Waals surface area contributed by atoms with Crippen LogP contribution < -0.4 is 5.32 Å². The fourth-order valence-electron chi connectivity index (χ4n) is 2.20. The zero-order valence-corrected chi connectivity index (χ0v) is 9.20. The van der Waals surface area contributed by atoms with Gasteiger partial charge in [-0.05, 0) is 25.7 Å². The minimum Gasteiger partial charge on any atom is -0.376 e. The Morgan fingerprint density at radius 1 is 1.38 bits per heavy atom. The van der Waals surface area contributed by atoms with Gasteiger partial charge in [0.2, 0.25) is 0 Å². The van der Waals surface area contributed by atoms with Gasteiger partial charge in [0.05, 0.1) is 25.9 Å². The number of ether oxygens (including phenoxy) is 2. The van der Waals surface area contributed by atoms with Crippen LogP contribution in [0.5, 0.6) is 0 Å². The molecule has 1 atom stereocenters. The van der Waals surface area contributed by atoms with Crippen molar-refractivity contribution in [3.8, 4) is 6.07 Å². The van der Waals surface area contributed by atoms with Crippen molar-refractivity contribution in [1.29, 1.82) is 5.26 Å². The van der Waals surface area contributed by atoms with Gasteiger partial charge in [-0.1, -0.05) is 0 Å². The van der Waals surface area contributed by atoms with E-state index in [1.165, 1.54) is 0 Å². The average Bonchev–Trinajstić information content (AvgIpc) is 2.79. The van der Waals surface area contributed by atoms with Gasteiger partial charge >= 0.3 is 0 Å². The van der Waals surface area contributed by atoms with Crippen LogP contribution >= 0.6 is 0 Å². The van der Waals surface area contributed by atoms with Gasteiger partial charge in [0.1, 0.15) is 5.54 Å². The molecule has 0 radical (unpaired) electrons. The lowest BCUT2D eigenvalue weighted by Gasteiger charge is -2.27. The van der Waals surface area contributed by atoms with Crippen LogP contribution in [-0.4, -0.2) is 37.4 Å². The zero-order valence-electron chi connectivity index (χ0n) is 9.20. The van der Waals surface area contributed by atoms with Gasteiger partial charge in [0.25, 0.3) is 5.91 Å². The quantitative estimate of drug-likeness (QED) is 0.735. The molecule has 2 fully saturated rings. The number of rotatable bonds is 2. The van der Waals surface area contributed by atoms with Crippen LogP contribution in [0.4, 0.5) is 0 Å². The van der Waals surface area contributed by atoms with Crippen LogP contribution in [0.2, 0.25) is 0 Å². The highest BCUT2D eigenvalue weighted by Crippen LogP contribution is 2.29. The van der Waals surface area contributed by atoms with E-state index in [0.29, 0.717) is 13.2 Å². The molecule has 0 aromatic heterocycles. The molecule has 1 unspecified atom stereocenters. The lowest BCUT2D eigenvalue weighted by molar-refractivity contribution is -0.148. The van der Waals surface area contributed by atoms with Crippen LogP contribution in [0.1, 0.15) is 25.7 Å². The Morgan fingerprint density at radius 2 is 2.12 bits per heavy atom. The predicted molar refractivity (Wildman–Crippen MR) is 55.5 cm³/mol. The van der Waals surface area contributed by atoms with E-state index in [1.54, 1.807) is 0 Å². The third kappa shape index (κ3) is 2.34. The van der Waals surface area contributed by atoms with E-state index in [2.05, 4.69) is 11.4 Å². The second kappa shape index (κ2) is 4.81. The van der Waals surface area contributed by atoms with E-state index in [1.807, 2.05) is 0 Å². The molecule has 1 aliphatic heterocycles. The highest BCUT2D eigenvalue weighted by atomic mass is 16.6. The van der Waals surface area contributed by atoms with Crippen molar-refractivity contribution in [3.05, 3.63) is 0 Å². The van der Waals surface area contributed by atoms with Crippen molar-refractivity contribution in [2.24, 2.45) is 0 Å². The van der Waals surface area contributed by atoms with E-state index in [9.17, 15) is 4.79 Å². The van der Waals surface area contributed by atoms with Crippen molar-refractivity contribution in [1.82, 2.24) is 5.32 Å². The Balaban J connectivity index is 1.92. The Hall–Kier alpha value is -1.12. The van der Waals surface area contributed by atoms with Gasteiger partial charge < -0.3 is 14.8 Å². The van der Waals surface area contributed by atoms with Crippen LogP contribution in [-0.2, 0) is 14.3 Å². The maximum atomic E-state index is 11.9. The second-order valence-electron chi connectivity index (χ2n) is 4.32. The number of hydrogen-bond acceptors (Lipinski definition) is 4. The molecule has 1 heterocycles. The molecule has 1 aliphatic carbocycles. The minimum atomic E-state index is -0.669. The van der Waals surface area contributed by atoms with Crippen molar-refractivity contribution in [2.45, 2.75) is 37.3 Å². The standard InChI is InChI=1S/C11H16N2O3/c12-8-11(3-1-2-4-11)13-10(14)9-7-15-5-6-16-9/h9H,1-7H2,(H,13,14). The molecule has 2 aliphatic rings. The van der Waals surface area contributed by atoms with E-state index < -0.39 is 11.6 Å². The molecular weight excluding hydrogens is 208 g/mol. The fraction of sp³-hybridized carbons (Fsp3) is 0.818. The Labute approximate surface area is 94.7 Å². The van der Waals surface area contributed by atoms with Crippen molar-refractivity contribution in [3.63, 3.8) is 0 Å². The maximum absolute atomic E-state index is 11.9. The van der Waals surface area contributed by atoms with Crippen LogP contribution in [0, 0.1) is 11.3 Å². The smallest absolute Gasteiger partial charge is 0.252 e. The minimum absolute atomic E-state index is 0.219.